The molecular weight excluding hydrogens is 259 g/mol. The highest BCUT2D eigenvalue weighted by Crippen LogP contribution is 2.23. The lowest BCUT2D eigenvalue weighted by atomic mass is 10.0. The molecule has 0 spiro atoms. The number of para-hydroxylation sites is 1. The Labute approximate surface area is 106 Å². The van der Waals surface area contributed by atoms with Gasteiger partial charge in [-0.15, -0.1) is 0 Å². The highest BCUT2D eigenvalue weighted by atomic mass is 19.3. The van der Waals surface area contributed by atoms with Crippen molar-refractivity contribution in [3.8, 4) is 5.75 Å². The molecule has 1 aromatic carbocycles. The SMILES string of the molecule is O=C(c1cncc(F)c1)c1ccccc1OC(F)F. The quantitative estimate of drug-likeness (QED) is 0.799. The van der Waals surface area contributed by atoms with Crippen LogP contribution >= 0.6 is 0 Å². The molecule has 0 bridgehead atoms. The van der Waals surface area contributed by atoms with E-state index in [1.807, 2.05) is 0 Å². The highest BCUT2D eigenvalue weighted by Gasteiger charge is 2.17. The maximum Gasteiger partial charge on any atom is 0.387 e. The summed E-state index contributed by atoms with van der Waals surface area (Å²) in [4.78, 5) is 15.6. The molecule has 0 aliphatic heterocycles. The van der Waals surface area contributed by atoms with E-state index in [-0.39, 0.29) is 16.9 Å². The van der Waals surface area contributed by atoms with Crippen molar-refractivity contribution in [2.24, 2.45) is 0 Å². The van der Waals surface area contributed by atoms with Crippen LogP contribution in [-0.2, 0) is 0 Å². The van der Waals surface area contributed by atoms with Crippen molar-refractivity contribution >= 4 is 5.78 Å². The van der Waals surface area contributed by atoms with Crippen LogP contribution in [0.5, 0.6) is 5.75 Å². The molecule has 0 saturated carbocycles. The van der Waals surface area contributed by atoms with Gasteiger partial charge in [-0.25, -0.2) is 4.39 Å². The topological polar surface area (TPSA) is 39.2 Å². The average Bonchev–Trinajstić information content (AvgIpc) is 2.38. The molecule has 2 aromatic rings. The molecule has 0 amide bonds. The standard InChI is InChI=1S/C13H8F3NO2/c14-9-5-8(6-17-7-9)12(18)10-3-1-2-4-11(10)19-13(15)16/h1-7,13H. The summed E-state index contributed by atoms with van der Waals surface area (Å²) in [6.45, 7) is -3.04. The zero-order valence-electron chi connectivity index (χ0n) is 9.52. The third kappa shape index (κ3) is 3.09. The van der Waals surface area contributed by atoms with E-state index in [1.54, 1.807) is 0 Å². The molecule has 1 aromatic heterocycles. The molecule has 0 aliphatic carbocycles. The Balaban J connectivity index is 2.39. The van der Waals surface area contributed by atoms with Gasteiger partial charge in [0.25, 0.3) is 0 Å². The molecule has 1 heterocycles. The van der Waals surface area contributed by atoms with Crippen LogP contribution in [0.2, 0.25) is 0 Å². The van der Waals surface area contributed by atoms with Gasteiger partial charge in [0.2, 0.25) is 0 Å². The average molecular weight is 267 g/mol. The number of alkyl halides is 2. The maximum absolute atomic E-state index is 13.0. The predicted molar refractivity (Wildman–Crippen MR) is 60.7 cm³/mol. The van der Waals surface area contributed by atoms with Gasteiger partial charge in [-0.05, 0) is 18.2 Å². The van der Waals surface area contributed by atoms with Gasteiger partial charge < -0.3 is 4.74 Å². The molecule has 0 fully saturated rings. The lowest BCUT2D eigenvalue weighted by Crippen LogP contribution is -2.09. The number of rotatable bonds is 4. The van der Waals surface area contributed by atoms with Crippen LogP contribution in [0.1, 0.15) is 15.9 Å². The Morgan fingerprint density at radius 1 is 1.21 bits per heavy atom. The predicted octanol–water partition coefficient (Wildman–Crippen LogP) is 3.05. The van der Waals surface area contributed by atoms with Crippen molar-refractivity contribution < 1.29 is 22.7 Å². The van der Waals surface area contributed by atoms with E-state index < -0.39 is 18.2 Å². The van der Waals surface area contributed by atoms with Gasteiger partial charge in [-0.1, -0.05) is 12.1 Å². The number of ether oxygens (including phenoxy) is 1. The van der Waals surface area contributed by atoms with Gasteiger partial charge in [0.15, 0.2) is 5.78 Å². The number of benzene rings is 1. The second-order valence-corrected chi connectivity index (χ2v) is 3.60. The fourth-order valence-corrected chi connectivity index (χ4v) is 1.54. The smallest absolute Gasteiger partial charge is 0.387 e. The number of pyridine rings is 1. The fraction of sp³-hybridized carbons (Fsp3) is 0.0769. The van der Waals surface area contributed by atoms with Crippen molar-refractivity contribution in [2.75, 3.05) is 0 Å². The third-order valence-electron chi connectivity index (χ3n) is 2.31. The number of hydrogen-bond donors (Lipinski definition) is 0. The Morgan fingerprint density at radius 2 is 1.95 bits per heavy atom. The molecule has 0 atom stereocenters. The summed E-state index contributed by atoms with van der Waals surface area (Å²) >= 11 is 0. The summed E-state index contributed by atoms with van der Waals surface area (Å²) in [7, 11) is 0. The van der Waals surface area contributed by atoms with Crippen LogP contribution < -0.4 is 4.74 Å². The maximum atomic E-state index is 13.0. The number of carbonyl (C=O) groups excluding carboxylic acids is 1. The van der Waals surface area contributed by atoms with Crippen molar-refractivity contribution in [3.63, 3.8) is 0 Å². The number of carbonyl (C=O) groups is 1. The van der Waals surface area contributed by atoms with Crippen LogP contribution in [0.25, 0.3) is 0 Å². The summed E-state index contributed by atoms with van der Waals surface area (Å²) in [6, 6.07) is 6.50. The van der Waals surface area contributed by atoms with E-state index in [0.717, 1.165) is 18.5 Å². The number of hydrogen-bond acceptors (Lipinski definition) is 3. The van der Waals surface area contributed by atoms with E-state index in [2.05, 4.69) is 9.72 Å². The van der Waals surface area contributed by atoms with E-state index in [1.165, 1.54) is 24.3 Å². The van der Waals surface area contributed by atoms with Crippen LogP contribution in [0.3, 0.4) is 0 Å². The zero-order chi connectivity index (χ0) is 13.8. The molecule has 6 heteroatoms. The normalized spacial score (nSPS) is 10.5. The molecular formula is C13H8F3NO2. The molecule has 2 rings (SSSR count). The summed E-state index contributed by atoms with van der Waals surface area (Å²) in [5.41, 5.74) is -0.111. The number of nitrogens with zero attached hydrogens (tertiary/aromatic N) is 1. The van der Waals surface area contributed by atoms with E-state index >= 15 is 0 Å². The Bertz CT molecular complexity index is 602. The first-order valence-electron chi connectivity index (χ1n) is 5.27. The van der Waals surface area contributed by atoms with E-state index in [9.17, 15) is 18.0 Å². The molecule has 3 nitrogen and oxygen atoms in total. The molecule has 98 valence electrons. The van der Waals surface area contributed by atoms with Gasteiger partial charge in [0, 0.05) is 11.8 Å². The second-order valence-electron chi connectivity index (χ2n) is 3.60. The van der Waals surface area contributed by atoms with Crippen LogP contribution in [0.15, 0.2) is 42.7 Å². The number of halogens is 3. The summed E-state index contributed by atoms with van der Waals surface area (Å²) in [5, 5.41) is 0. The van der Waals surface area contributed by atoms with Gasteiger partial charge >= 0.3 is 6.61 Å². The largest absolute Gasteiger partial charge is 0.434 e. The van der Waals surface area contributed by atoms with Crippen LogP contribution in [0, 0.1) is 5.82 Å². The zero-order valence-corrected chi connectivity index (χ0v) is 9.52. The molecule has 0 N–H and O–H groups in total. The minimum absolute atomic E-state index is 0.0367. The first kappa shape index (κ1) is 13.1. The van der Waals surface area contributed by atoms with Crippen LogP contribution in [-0.4, -0.2) is 17.4 Å². The molecule has 19 heavy (non-hydrogen) atoms. The summed E-state index contributed by atoms with van der Waals surface area (Å²) in [6.07, 6.45) is 2.10. The fourth-order valence-electron chi connectivity index (χ4n) is 1.54. The van der Waals surface area contributed by atoms with E-state index in [0.29, 0.717) is 0 Å². The second kappa shape index (κ2) is 5.51. The van der Waals surface area contributed by atoms with Crippen LogP contribution in [0.4, 0.5) is 13.2 Å². The summed E-state index contributed by atoms with van der Waals surface area (Å²) < 4.78 is 41.7. The minimum atomic E-state index is -3.04. The Morgan fingerprint density at radius 3 is 2.63 bits per heavy atom. The molecule has 0 radical (unpaired) electrons. The van der Waals surface area contributed by atoms with Gasteiger partial charge in [0.1, 0.15) is 11.6 Å². The van der Waals surface area contributed by atoms with Crippen molar-refractivity contribution in [3.05, 3.63) is 59.7 Å². The van der Waals surface area contributed by atoms with Crippen molar-refractivity contribution in [1.29, 1.82) is 0 Å². The van der Waals surface area contributed by atoms with Gasteiger partial charge in [-0.2, -0.15) is 8.78 Å². The van der Waals surface area contributed by atoms with E-state index in [4.69, 9.17) is 0 Å². The number of ketones is 1. The molecule has 0 saturated heterocycles. The lowest BCUT2D eigenvalue weighted by molar-refractivity contribution is -0.0501. The first-order chi connectivity index (χ1) is 9.08. The number of aromatic nitrogens is 1. The van der Waals surface area contributed by atoms with Gasteiger partial charge in [0.05, 0.1) is 11.8 Å². The highest BCUT2D eigenvalue weighted by molar-refractivity contribution is 6.10. The minimum Gasteiger partial charge on any atom is -0.434 e. The molecule has 0 unspecified atom stereocenters. The van der Waals surface area contributed by atoms with Crippen molar-refractivity contribution in [1.82, 2.24) is 4.98 Å². The van der Waals surface area contributed by atoms with Crippen molar-refractivity contribution in [2.45, 2.75) is 6.61 Å². The Hall–Kier alpha value is -2.37. The first-order valence-corrected chi connectivity index (χ1v) is 5.27. The van der Waals surface area contributed by atoms with Gasteiger partial charge in [-0.3, -0.25) is 9.78 Å². The Kier molecular flexibility index (Phi) is 3.79. The third-order valence-corrected chi connectivity index (χ3v) is 2.31. The summed E-state index contributed by atoms with van der Waals surface area (Å²) in [5.74, 6) is -1.58. The lowest BCUT2D eigenvalue weighted by Gasteiger charge is -2.09. The molecule has 0 aliphatic rings. The monoisotopic (exact) mass is 267 g/mol.